The molecule has 0 rings (SSSR count). The van der Waals surface area contributed by atoms with Crippen LogP contribution in [0, 0.1) is 0 Å². The van der Waals surface area contributed by atoms with Crippen molar-refractivity contribution in [3.8, 4) is 0 Å². The zero-order valence-corrected chi connectivity index (χ0v) is 13.8. The van der Waals surface area contributed by atoms with E-state index in [4.69, 9.17) is 0 Å². The predicted octanol–water partition coefficient (Wildman–Crippen LogP) is 6.69. The highest BCUT2D eigenvalue weighted by Crippen LogP contribution is 2.21. The molecule has 0 unspecified atom stereocenters. The largest absolute Gasteiger partial charge is 0.180 e. The lowest BCUT2D eigenvalue weighted by Crippen LogP contribution is -2.16. The fraction of sp³-hybridized carbons (Fsp3) is 0.833. The Balaban J connectivity index is 4.26. The molecule has 1 heteroatoms. The van der Waals surface area contributed by atoms with Crippen LogP contribution in [0.5, 0.6) is 0 Å². The highest BCUT2D eigenvalue weighted by Gasteiger charge is 2.17. The molecular weight excluding hydrogens is 227 g/mol. The van der Waals surface area contributed by atoms with E-state index in [1.165, 1.54) is 82.3 Å². The molecule has 0 aliphatic rings. The third kappa shape index (κ3) is 10.1. The minimum Gasteiger partial charge on any atom is -0.139 e. The van der Waals surface area contributed by atoms with Gasteiger partial charge in [0.25, 0.3) is 0 Å². The van der Waals surface area contributed by atoms with Crippen LogP contribution in [0.2, 0.25) is 12.6 Å². The quantitative estimate of drug-likeness (QED) is 0.197. The van der Waals surface area contributed by atoms with Crippen LogP contribution >= 0.6 is 0 Å². The molecule has 0 aliphatic carbocycles. The first-order chi connectivity index (χ1) is 9.29. The number of hydrogen-bond donors (Lipinski definition) is 0. The molecule has 0 aliphatic heterocycles. The van der Waals surface area contributed by atoms with E-state index in [0.29, 0.717) is 0 Å². The van der Waals surface area contributed by atoms with E-state index >= 15 is 0 Å². The highest BCUT2D eigenvalue weighted by molar-refractivity contribution is 6.66. The van der Waals surface area contributed by atoms with Gasteiger partial charge in [-0.1, -0.05) is 96.8 Å². The van der Waals surface area contributed by atoms with Crippen molar-refractivity contribution in [2.24, 2.45) is 0 Å². The van der Waals surface area contributed by atoms with Crippen molar-refractivity contribution in [2.75, 3.05) is 0 Å². The zero-order valence-electron chi connectivity index (χ0n) is 13.8. The van der Waals surface area contributed by atoms with E-state index < -0.39 is 0 Å². The molecule has 0 amide bonds. The summed E-state index contributed by atoms with van der Waals surface area (Å²) >= 11 is 0. The Hall–Kier alpha value is -0.415. The Morgan fingerprint density at radius 1 is 0.789 bits per heavy atom. The van der Waals surface area contributed by atoms with Crippen molar-refractivity contribution in [1.29, 1.82) is 0 Å². The molecule has 0 saturated carbocycles. The first kappa shape index (κ1) is 18.6. The van der Waals surface area contributed by atoms with Gasteiger partial charge in [-0.15, -0.1) is 5.73 Å². The van der Waals surface area contributed by atoms with Crippen LogP contribution < -0.4 is 0 Å². The lowest BCUT2D eigenvalue weighted by molar-refractivity contribution is 0.716. The molecular formula is C18H35B. The molecule has 110 valence electrons. The zero-order chi connectivity index (χ0) is 14.3. The second kappa shape index (κ2) is 14.0. The number of rotatable bonds is 13. The molecule has 0 atom stereocenters. The second-order valence-corrected chi connectivity index (χ2v) is 5.85. The minimum atomic E-state index is 0.771. The standard InChI is InChI=1S/C18H35B/c1-5-9-12-15-18(8-4)19(16-13-10-6-2)17-14-11-7-3/h4-7,9-17H2,1-3H3. The van der Waals surface area contributed by atoms with Gasteiger partial charge in [0, 0.05) is 0 Å². The topological polar surface area (TPSA) is 0 Å². The normalized spacial score (nSPS) is 10.3. The Morgan fingerprint density at radius 2 is 1.26 bits per heavy atom. The van der Waals surface area contributed by atoms with Gasteiger partial charge in [-0.25, -0.2) is 0 Å². The molecule has 0 heterocycles. The maximum Gasteiger partial charge on any atom is 0.180 e. The lowest BCUT2D eigenvalue weighted by atomic mass is 9.38. The average Bonchev–Trinajstić information content (AvgIpc) is 2.43. The Bertz CT molecular complexity index is 228. The van der Waals surface area contributed by atoms with Crippen molar-refractivity contribution in [2.45, 2.75) is 97.6 Å². The van der Waals surface area contributed by atoms with Crippen molar-refractivity contribution >= 4 is 6.71 Å². The van der Waals surface area contributed by atoms with Gasteiger partial charge in [0.2, 0.25) is 0 Å². The van der Waals surface area contributed by atoms with Crippen LogP contribution in [-0.2, 0) is 0 Å². The lowest BCUT2D eigenvalue weighted by Gasteiger charge is -2.16. The molecule has 0 saturated heterocycles. The van der Waals surface area contributed by atoms with E-state index in [2.05, 4.69) is 33.1 Å². The summed E-state index contributed by atoms with van der Waals surface area (Å²) in [6.07, 6.45) is 16.1. The summed E-state index contributed by atoms with van der Waals surface area (Å²) < 4.78 is 0. The van der Waals surface area contributed by atoms with Crippen molar-refractivity contribution in [3.63, 3.8) is 0 Å². The van der Waals surface area contributed by atoms with Crippen LogP contribution in [0.15, 0.2) is 17.8 Å². The summed E-state index contributed by atoms with van der Waals surface area (Å²) in [6.45, 7) is 11.6. The summed E-state index contributed by atoms with van der Waals surface area (Å²) in [7, 11) is 0. The van der Waals surface area contributed by atoms with Gasteiger partial charge in [-0.3, -0.25) is 0 Å². The Labute approximate surface area is 122 Å². The molecule has 0 spiro atoms. The van der Waals surface area contributed by atoms with Crippen LogP contribution in [0.25, 0.3) is 0 Å². The van der Waals surface area contributed by atoms with Crippen molar-refractivity contribution in [3.05, 3.63) is 17.8 Å². The summed E-state index contributed by atoms with van der Waals surface area (Å²) in [5, 5.41) is 0. The number of unbranched alkanes of at least 4 members (excludes halogenated alkanes) is 6. The summed E-state index contributed by atoms with van der Waals surface area (Å²) in [5.41, 5.74) is 4.81. The van der Waals surface area contributed by atoms with E-state index in [1.807, 2.05) is 0 Å². The molecule has 0 nitrogen and oxygen atoms in total. The predicted molar refractivity (Wildman–Crippen MR) is 91.2 cm³/mol. The fourth-order valence-electron chi connectivity index (χ4n) is 2.78. The van der Waals surface area contributed by atoms with E-state index in [1.54, 1.807) is 0 Å². The number of hydrogen-bond acceptors (Lipinski definition) is 0. The molecule has 0 aromatic carbocycles. The van der Waals surface area contributed by atoms with Crippen LogP contribution in [-0.4, -0.2) is 6.71 Å². The van der Waals surface area contributed by atoms with Gasteiger partial charge in [0.05, 0.1) is 0 Å². The Kier molecular flexibility index (Phi) is 13.7. The first-order valence-electron chi connectivity index (χ1n) is 8.68. The van der Waals surface area contributed by atoms with Gasteiger partial charge in [0.1, 0.15) is 0 Å². The highest BCUT2D eigenvalue weighted by atomic mass is 14.0. The molecule has 0 aromatic heterocycles. The van der Waals surface area contributed by atoms with Crippen molar-refractivity contribution in [1.82, 2.24) is 0 Å². The smallest absolute Gasteiger partial charge is 0.139 e. The van der Waals surface area contributed by atoms with E-state index in [0.717, 1.165) is 6.71 Å². The van der Waals surface area contributed by atoms with Gasteiger partial charge < -0.3 is 0 Å². The third-order valence-corrected chi connectivity index (χ3v) is 4.08. The molecule has 0 bridgehead atoms. The number of allylic oxidation sites excluding steroid dienone is 1. The van der Waals surface area contributed by atoms with E-state index in [9.17, 15) is 0 Å². The SMILES string of the molecule is C=C=C(CCCCC)B(CCCCC)CCCCC. The van der Waals surface area contributed by atoms with E-state index in [-0.39, 0.29) is 0 Å². The van der Waals surface area contributed by atoms with Crippen LogP contribution in [0.1, 0.15) is 85.0 Å². The minimum absolute atomic E-state index is 0.771. The third-order valence-electron chi connectivity index (χ3n) is 4.08. The molecule has 0 aromatic rings. The summed E-state index contributed by atoms with van der Waals surface area (Å²) in [4.78, 5) is 0. The van der Waals surface area contributed by atoms with Gasteiger partial charge in [0.15, 0.2) is 6.71 Å². The molecule has 19 heavy (non-hydrogen) atoms. The Morgan fingerprint density at radius 3 is 1.68 bits per heavy atom. The molecule has 0 fully saturated rings. The molecule has 0 radical (unpaired) electrons. The van der Waals surface area contributed by atoms with Gasteiger partial charge >= 0.3 is 0 Å². The summed E-state index contributed by atoms with van der Waals surface area (Å²) in [6, 6.07) is 0. The maximum absolute atomic E-state index is 3.96. The van der Waals surface area contributed by atoms with Crippen LogP contribution in [0.3, 0.4) is 0 Å². The molecule has 0 N–H and O–H groups in total. The average molecular weight is 262 g/mol. The van der Waals surface area contributed by atoms with Crippen molar-refractivity contribution < 1.29 is 0 Å². The first-order valence-corrected chi connectivity index (χ1v) is 8.68. The van der Waals surface area contributed by atoms with Gasteiger partial charge in [-0.05, 0) is 12.8 Å². The monoisotopic (exact) mass is 262 g/mol. The van der Waals surface area contributed by atoms with Crippen LogP contribution in [0.4, 0.5) is 0 Å². The summed E-state index contributed by atoms with van der Waals surface area (Å²) in [5.74, 6) is 0. The second-order valence-electron chi connectivity index (χ2n) is 5.85. The van der Waals surface area contributed by atoms with Gasteiger partial charge in [-0.2, -0.15) is 0 Å². The fourth-order valence-corrected chi connectivity index (χ4v) is 2.78. The maximum atomic E-state index is 3.96.